The summed E-state index contributed by atoms with van der Waals surface area (Å²) in [6.45, 7) is 5.56. The Labute approximate surface area is 77.9 Å². The molecule has 2 aliphatic rings. The van der Waals surface area contributed by atoms with E-state index in [0.717, 1.165) is 6.54 Å². The van der Waals surface area contributed by atoms with Gasteiger partial charge in [-0.15, -0.1) is 0 Å². The molecule has 0 unspecified atom stereocenters. The number of thioether (sulfide) groups is 1. The summed E-state index contributed by atoms with van der Waals surface area (Å²) in [6.07, 6.45) is 8.91. The number of rotatable bonds is 1. The van der Waals surface area contributed by atoms with Gasteiger partial charge in [0.25, 0.3) is 0 Å². The molecule has 64 valence electrons. The number of hydrogen-bond acceptors (Lipinski definition) is 1. The van der Waals surface area contributed by atoms with Crippen molar-refractivity contribution in [2.24, 2.45) is 0 Å². The van der Waals surface area contributed by atoms with Gasteiger partial charge in [0.1, 0.15) is 6.54 Å². The number of nitrogens with zero attached hydrogens (tertiary/aromatic N) is 1. The standard InChI is InChI=1S/C10H14NS/c1-3-11-8(2)12-10-7-5-4-6-9(10)11/h4-7,9-10H,3H2,1-2H3/q+1/t9-,10-/m1/s1. The minimum atomic E-state index is 0.616. The van der Waals surface area contributed by atoms with Crippen LogP contribution in [-0.4, -0.2) is 27.5 Å². The summed E-state index contributed by atoms with van der Waals surface area (Å²) in [4.78, 5) is 0. The zero-order valence-corrected chi connectivity index (χ0v) is 8.34. The Hall–Kier alpha value is -0.500. The Bertz CT molecular complexity index is 276. The highest BCUT2D eigenvalue weighted by molar-refractivity contribution is 8.14. The fourth-order valence-corrected chi connectivity index (χ4v) is 3.20. The molecule has 2 heteroatoms. The maximum atomic E-state index is 2.47. The summed E-state index contributed by atoms with van der Waals surface area (Å²) in [7, 11) is 0. The molecule has 0 fully saturated rings. The second kappa shape index (κ2) is 3.09. The highest BCUT2D eigenvalue weighted by Gasteiger charge is 2.37. The smallest absolute Gasteiger partial charge is 0.208 e. The van der Waals surface area contributed by atoms with Crippen LogP contribution in [0.2, 0.25) is 0 Å². The minimum absolute atomic E-state index is 0.616. The summed E-state index contributed by atoms with van der Waals surface area (Å²) in [5, 5.41) is 2.12. The Morgan fingerprint density at radius 3 is 2.92 bits per heavy atom. The van der Waals surface area contributed by atoms with Crippen molar-refractivity contribution in [3.8, 4) is 0 Å². The Balaban J connectivity index is 2.29. The molecule has 0 spiro atoms. The Kier molecular flexibility index (Phi) is 2.09. The van der Waals surface area contributed by atoms with Crippen LogP contribution in [0.5, 0.6) is 0 Å². The van der Waals surface area contributed by atoms with Gasteiger partial charge in [-0.25, -0.2) is 4.58 Å². The van der Waals surface area contributed by atoms with E-state index in [1.165, 1.54) is 5.04 Å². The number of allylic oxidation sites excluding steroid dienone is 2. The average Bonchev–Trinajstić information content (AvgIpc) is 2.40. The lowest BCUT2D eigenvalue weighted by Crippen LogP contribution is -2.29. The van der Waals surface area contributed by atoms with Gasteiger partial charge in [0.05, 0.1) is 5.25 Å². The topological polar surface area (TPSA) is 3.01 Å². The summed E-state index contributed by atoms with van der Waals surface area (Å²) in [5.41, 5.74) is 0. The molecule has 1 aliphatic carbocycles. The van der Waals surface area contributed by atoms with E-state index in [1.807, 2.05) is 11.8 Å². The Morgan fingerprint density at radius 2 is 2.17 bits per heavy atom. The van der Waals surface area contributed by atoms with E-state index in [-0.39, 0.29) is 0 Å². The molecule has 0 amide bonds. The van der Waals surface area contributed by atoms with Gasteiger partial charge in [-0.1, -0.05) is 18.2 Å². The van der Waals surface area contributed by atoms with Crippen molar-refractivity contribution >= 4 is 16.8 Å². The van der Waals surface area contributed by atoms with E-state index in [4.69, 9.17) is 0 Å². The van der Waals surface area contributed by atoms with Crippen molar-refractivity contribution in [2.45, 2.75) is 25.1 Å². The van der Waals surface area contributed by atoms with Crippen molar-refractivity contribution in [1.82, 2.24) is 0 Å². The minimum Gasteiger partial charge on any atom is -0.221 e. The number of fused-ring (bicyclic) bond motifs is 1. The molecule has 0 aromatic carbocycles. The van der Waals surface area contributed by atoms with E-state index < -0.39 is 0 Å². The average molecular weight is 180 g/mol. The first-order valence-corrected chi connectivity index (χ1v) is 5.32. The van der Waals surface area contributed by atoms with Crippen LogP contribution in [0, 0.1) is 0 Å². The van der Waals surface area contributed by atoms with Crippen molar-refractivity contribution < 1.29 is 4.58 Å². The molecule has 1 aliphatic heterocycles. The molecule has 0 saturated carbocycles. The van der Waals surface area contributed by atoms with Crippen LogP contribution >= 0.6 is 11.8 Å². The first-order valence-electron chi connectivity index (χ1n) is 4.44. The fourth-order valence-electron chi connectivity index (χ4n) is 1.87. The van der Waals surface area contributed by atoms with Crippen LogP contribution in [0.3, 0.4) is 0 Å². The maximum absolute atomic E-state index is 2.47. The zero-order valence-electron chi connectivity index (χ0n) is 7.53. The summed E-state index contributed by atoms with van der Waals surface area (Å²) >= 11 is 1.99. The van der Waals surface area contributed by atoms with Gasteiger partial charge in [-0.05, 0) is 24.8 Å². The molecule has 0 aromatic rings. The lowest BCUT2D eigenvalue weighted by Gasteiger charge is -2.11. The molecule has 2 atom stereocenters. The van der Waals surface area contributed by atoms with Gasteiger partial charge in [0, 0.05) is 6.92 Å². The molecule has 0 saturated heterocycles. The van der Waals surface area contributed by atoms with E-state index >= 15 is 0 Å². The predicted octanol–water partition coefficient (Wildman–Crippen LogP) is 2.05. The molecule has 0 N–H and O–H groups in total. The summed E-state index contributed by atoms with van der Waals surface area (Å²) in [5.74, 6) is 0. The summed E-state index contributed by atoms with van der Waals surface area (Å²) in [6, 6.07) is 0.616. The lowest BCUT2D eigenvalue weighted by molar-refractivity contribution is -0.544. The molecule has 0 aromatic heterocycles. The zero-order chi connectivity index (χ0) is 8.55. The van der Waals surface area contributed by atoms with Crippen LogP contribution in [0.25, 0.3) is 0 Å². The molecule has 0 bridgehead atoms. The van der Waals surface area contributed by atoms with Crippen LogP contribution in [0.15, 0.2) is 24.3 Å². The summed E-state index contributed by atoms with van der Waals surface area (Å²) < 4.78 is 2.47. The highest BCUT2D eigenvalue weighted by atomic mass is 32.2. The van der Waals surface area contributed by atoms with Crippen molar-refractivity contribution in [3.63, 3.8) is 0 Å². The van der Waals surface area contributed by atoms with Crippen molar-refractivity contribution in [3.05, 3.63) is 24.3 Å². The quantitative estimate of drug-likeness (QED) is 0.558. The molecule has 0 radical (unpaired) electrons. The van der Waals surface area contributed by atoms with Gasteiger partial charge in [0.15, 0.2) is 6.04 Å². The van der Waals surface area contributed by atoms with Crippen molar-refractivity contribution in [1.29, 1.82) is 0 Å². The number of likely N-dealkylation sites (N-methyl/N-ethyl adjacent to an activating group) is 1. The van der Waals surface area contributed by atoms with Gasteiger partial charge >= 0.3 is 0 Å². The van der Waals surface area contributed by atoms with Crippen LogP contribution < -0.4 is 0 Å². The van der Waals surface area contributed by atoms with Crippen LogP contribution in [0.1, 0.15) is 13.8 Å². The normalized spacial score (nSPS) is 32.8. The lowest BCUT2D eigenvalue weighted by atomic mass is 10.1. The van der Waals surface area contributed by atoms with E-state index in [0.29, 0.717) is 11.3 Å². The molecule has 12 heavy (non-hydrogen) atoms. The number of hydrogen-bond donors (Lipinski definition) is 0. The third-order valence-electron chi connectivity index (χ3n) is 2.47. The van der Waals surface area contributed by atoms with Crippen molar-refractivity contribution in [2.75, 3.05) is 6.54 Å². The maximum Gasteiger partial charge on any atom is 0.208 e. The molecule has 2 rings (SSSR count). The predicted molar refractivity (Wildman–Crippen MR) is 54.9 cm³/mol. The van der Waals surface area contributed by atoms with E-state index in [1.54, 1.807) is 0 Å². The van der Waals surface area contributed by atoms with Gasteiger partial charge in [-0.2, -0.15) is 0 Å². The third kappa shape index (κ3) is 1.14. The monoisotopic (exact) mass is 180 g/mol. The second-order valence-corrected chi connectivity index (χ2v) is 4.52. The van der Waals surface area contributed by atoms with Gasteiger partial charge < -0.3 is 0 Å². The second-order valence-electron chi connectivity index (χ2n) is 3.15. The molecular weight excluding hydrogens is 166 g/mol. The first-order chi connectivity index (χ1) is 5.83. The van der Waals surface area contributed by atoms with E-state index in [9.17, 15) is 0 Å². The molecular formula is C10H14NS+. The van der Waals surface area contributed by atoms with Gasteiger partial charge in [-0.3, -0.25) is 0 Å². The molecule has 1 nitrogen and oxygen atoms in total. The van der Waals surface area contributed by atoms with Gasteiger partial charge in [0.2, 0.25) is 5.04 Å². The van der Waals surface area contributed by atoms with E-state index in [2.05, 4.69) is 42.7 Å². The van der Waals surface area contributed by atoms with Crippen LogP contribution in [-0.2, 0) is 0 Å². The fraction of sp³-hybridized carbons (Fsp3) is 0.500. The van der Waals surface area contributed by atoms with Crippen LogP contribution in [0.4, 0.5) is 0 Å². The highest BCUT2D eigenvalue weighted by Crippen LogP contribution is 2.30. The largest absolute Gasteiger partial charge is 0.221 e. The first kappa shape index (κ1) is 8.11. The molecule has 1 heterocycles. The Morgan fingerprint density at radius 1 is 1.42 bits per heavy atom. The SMILES string of the molecule is CC[N+]1=C(C)S[C@@H]2C=CC=C[C@H]21. The third-order valence-corrected chi connectivity index (χ3v) is 3.75.